The van der Waals surface area contributed by atoms with E-state index in [0.29, 0.717) is 10.4 Å². The zero-order chi connectivity index (χ0) is 26.7. The van der Waals surface area contributed by atoms with Gasteiger partial charge in [0.2, 0.25) is 5.91 Å². The molecule has 36 heavy (non-hydrogen) atoms. The molecule has 0 aliphatic carbocycles. The van der Waals surface area contributed by atoms with Crippen molar-refractivity contribution in [2.75, 3.05) is 10.8 Å². The van der Waals surface area contributed by atoms with Crippen LogP contribution in [0, 0.1) is 6.92 Å². The predicted octanol–water partition coefficient (Wildman–Crippen LogP) is 5.54. The van der Waals surface area contributed by atoms with Gasteiger partial charge < -0.3 is 5.32 Å². The van der Waals surface area contributed by atoms with Gasteiger partial charge in [0, 0.05) is 6.54 Å². The smallest absolute Gasteiger partial charge is 0.350 e. The molecule has 0 heterocycles. The van der Waals surface area contributed by atoms with Crippen LogP contribution in [0.1, 0.15) is 22.3 Å². The summed E-state index contributed by atoms with van der Waals surface area (Å²) in [7, 11) is -4.48. The maximum atomic E-state index is 13.3. The summed E-state index contributed by atoms with van der Waals surface area (Å²) in [4.78, 5) is 12.4. The van der Waals surface area contributed by atoms with Gasteiger partial charge in [0.15, 0.2) is 0 Å². The molecule has 0 saturated heterocycles. The first-order valence-electron chi connectivity index (χ1n) is 10.4. The van der Waals surface area contributed by atoms with Crippen molar-refractivity contribution in [3.05, 3.63) is 95.1 Å². The van der Waals surface area contributed by atoms with Gasteiger partial charge in [-0.25, -0.2) is 8.42 Å². The fourth-order valence-electron chi connectivity index (χ4n) is 3.23. The molecule has 0 aliphatic heterocycles. The summed E-state index contributed by atoms with van der Waals surface area (Å²) in [6.07, 6.45) is -9.36. The lowest BCUT2D eigenvalue weighted by atomic mass is 10.1. The number of nitrogens with one attached hydrogen (secondary N) is 1. The molecule has 0 atom stereocenters. The molecule has 0 aromatic heterocycles. The molecule has 3 aromatic carbocycles. The first-order valence-corrected chi connectivity index (χ1v) is 11.8. The summed E-state index contributed by atoms with van der Waals surface area (Å²) in [5, 5.41) is 2.32. The van der Waals surface area contributed by atoms with Crippen LogP contribution in [-0.4, -0.2) is 20.9 Å². The van der Waals surface area contributed by atoms with Crippen molar-refractivity contribution in [1.29, 1.82) is 0 Å². The molecule has 12 heteroatoms. The maximum absolute atomic E-state index is 13.3. The third-order valence-corrected chi connectivity index (χ3v) is 6.89. The minimum absolute atomic E-state index is 0.102. The molecular weight excluding hydrogens is 510 g/mol. The molecule has 3 rings (SSSR count). The van der Waals surface area contributed by atoms with E-state index in [1.54, 1.807) is 6.92 Å². The fraction of sp³-hybridized carbons (Fsp3) is 0.208. The monoisotopic (exact) mass is 530 g/mol. The Morgan fingerprint density at radius 1 is 0.833 bits per heavy atom. The summed E-state index contributed by atoms with van der Waals surface area (Å²) >= 11 is 0. The molecule has 1 amide bonds. The summed E-state index contributed by atoms with van der Waals surface area (Å²) in [6.45, 7) is 0.447. The minimum Gasteiger partial charge on any atom is -0.350 e. The Morgan fingerprint density at radius 2 is 1.39 bits per heavy atom. The molecular formula is C24H20F6N2O3S. The van der Waals surface area contributed by atoms with E-state index in [1.807, 2.05) is 0 Å². The third-order valence-electron chi connectivity index (χ3n) is 5.10. The number of benzene rings is 3. The van der Waals surface area contributed by atoms with Gasteiger partial charge in [0.1, 0.15) is 6.54 Å². The van der Waals surface area contributed by atoms with E-state index in [0.717, 1.165) is 42.0 Å². The Labute approximate surface area is 203 Å². The Bertz CT molecular complexity index is 1340. The van der Waals surface area contributed by atoms with Crippen LogP contribution in [0.5, 0.6) is 0 Å². The van der Waals surface area contributed by atoms with E-state index in [4.69, 9.17) is 0 Å². The van der Waals surface area contributed by atoms with E-state index < -0.39 is 51.6 Å². The first kappa shape index (κ1) is 27.1. The van der Waals surface area contributed by atoms with Crippen LogP contribution in [0.3, 0.4) is 0 Å². The predicted molar refractivity (Wildman–Crippen MR) is 120 cm³/mol. The van der Waals surface area contributed by atoms with Gasteiger partial charge in [-0.2, -0.15) is 26.3 Å². The van der Waals surface area contributed by atoms with Crippen molar-refractivity contribution >= 4 is 21.6 Å². The SMILES string of the molecule is Cc1ccc(S(=O)(=O)N(CC(=O)NCc2cccc(C(F)(F)F)c2)c2cccc(C(F)(F)F)c2)cc1. The highest BCUT2D eigenvalue weighted by molar-refractivity contribution is 7.92. The molecule has 1 N–H and O–H groups in total. The number of amides is 1. The van der Waals surface area contributed by atoms with Gasteiger partial charge >= 0.3 is 12.4 Å². The second kappa shape index (κ2) is 10.2. The Balaban J connectivity index is 1.90. The Morgan fingerprint density at radius 3 is 1.97 bits per heavy atom. The minimum atomic E-state index is -4.76. The average molecular weight is 530 g/mol. The maximum Gasteiger partial charge on any atom is 0.416 e. The van der Waals surface area contributed by atoms with Gasteiger partial charge in [0.05, 0.1) is 21.7 Å². The highest BCUT2D eigenvalue weighted by Crippen LogP contribution is 2.33. The van der Waals surface area contributed by atoms with Crippen LogP contribution in [0.25, 0.3) is 0 Å². The number of aryl methyl sites for hydroxylation is 1. The number of carbonyl (C=O) groups is 1. The van der Waals surface area contributed by atoms with E-state index >= 15 is 0 Å². The topological polar surface area (TPSA) is 66.5 Å². The van der Waals surface area contributed by atoms with Gasteiger partial charge in [-0.3, -0.25) is 9.10 Å². The van der Waals surface area contributed by atoms with Crippen molar-refractivity contribution in [2.24, 2.45) is 0 Å². The fourth-order valence-corrected chi connectivity index (χ4v) is 4.65. The quantitative estimate of drug-likeness (QED) is 0.408. The van der Waals surface area contributed by atoms with E-state index in [2.05, 4.69) is 5.32 Å². The van der Waals surface area contributed by atoms with Crippen molar-refractivity contribution in [2.45, 2.75) is 30.7 Å². The van der Waals surface area contributed by atoms with Gasteiger partial charge in [-0.05, 0) is 55.0 Å². The van der Waals surface area contributed by atoms with Gasteiger partial charge in [0.25, 0.3) is 10.0 Å². The number of nitrogens with zero attached hydrogens (tertiary/aromatic N) is 1. The largest absolute Gasteiger partial charge is 0.416 e. The van der Waals surface area contributed by atoms with Gasteiger partial charge in [-0.1, -0.05) is 35.9 Å². The first-order chi connectivity index (χ1) is 16.7. The standard InChI is InChI=1S/C24H20F6N2O3S/c1-16-8-10-21(11-9-16)36(34,35)32(20-7-3-6-19(13-20)24(28,29)30)15-22(33)31-14-17-4-2-5-18(12-17)23(25,26)27/h2-13H,14-15H2,1H3,(H,31,33). The lowest BCUT2D eigenvalue weighted by Gasteiger charge is -2.25. The number of sulfonamides is 1. The number of hydrogen-bond donors (Lipinski definition) is 1. The highest BCUT2D eigenvalue weighted by atomic mass is 32.2. The van der Waals surface area contributed by atoms with Crippen molar-refractivity contribution < 1.29 is 39.6 Å². The molecule has 0 fully saturated rings. The second-order valence-corrected chi connectivity index (χ2v) is 9.71. The molecule has 0 bridgehead atoms. The van der Waals surface area contributed by atoms with E-state index in [9.17, 15) is 39.6 Å². The van der Waals surface area contributed by atoms with Gasteiger partial charge in [-0.15, -0.1) is 0 Å². The number of alkyl halides is 6. The van der Waals surface area contributed by atoms with Crippen molar-refractivity contribution in [1.82, 2.24) is 5.32 Å². The molecule has 0 radical (unpaired) electrons. The summed E-state index contributed by atoms with van der Waals surface area (Å²) < 4.78 is 106. The molecule has 0 spiro atoms. The molecule has 0 unspecified atom stereocenters. The van der Waals surface area contributed by atoms with Crippen LogP contribution in [0.15, 0.2) is 77.7 Å². The van der Waals surface area contributed by atoms with Crippen LogP contribution >= 0.6 is 0 Å². The van der Waals surface area contributed by atoms with E-state index in [1.165, 1.54) is 30.3 Å². The number of halogens is 6. The number of carbonyl (C=O) groups excluding carboxylic acids is 1. The number of rotatable bonds is 7. The summed E-state index contributed by atoms with van der Waals surface area (Å²) in [5.41, 5.74) is -1.61. The Hall–Kier alpha value is -3.54. The van der Waals surface area contributed by atoms with Crippen LogP contribution in [0.4, 0.5) is 32.0 Å². The third kappa shape index (κ3) is 6.56. The molecule has 3 aromatic rings. The van der Waals surface area contributed by atoms with Crippen LogP contribution in [-0.2, 0) is 33.7 Å². The summed E-state index contributed by atoms with van der Waals surface area (Å²) in [6, 6.07) is 13.2. The van der Waals surface area contributed by atoms with Crippen LogP contribution < -0.4 is 9.62 Å². The van der Waals surface area contributed by atoms with Crippen molar-refractivity contribution in [3.8, 4) is 0 Å². The van der Waals surface area contributed by atoms with Crippen molar-refractivity contribution in [3.63, 3.8) is 0 Å². The molecule has 0 saturated carbocycles. The second-order valence-electron chi connectivity index (χ2n) is 7.85. The zero-order valence-electron chi connectivity index (χ0n) is 18.7. The number of anilines is 1. The lowest BCUT2D eigenvalue weighted by Crippen LogP contribution is -2.40. The zero-order valence-corrected chi connectivity index (χ0v) is 19.5. The molecule has 192 valence electrons. The highest BCUT2D eigenvalue weighted by Gasteiger charge is 2.33. The molecule has 5 nitrogen and oxygen atoms in total. The van der Waals surface area contributed by atoms with Crippen LogP contribution in [0.2, 0.25) is 0 Å². The Kier molecular flexibility index (Phi) is 7.68. The molecule has 0 aliphatic rings. The lowest BCUT2D eigenvalue weighted by molar-refractivity contribution is -0.138. The summed E-state index contributed by atoms with van der Waals surface area (Å²) in [5.74, 6) is -0.930. The normalized spacial score (nSPS) is 12.3. The number of hydrogen-bond acceptors (Lipinski definition) is 3. The average Bonchev–Trinajstić information content (AvgIpc) is 2.80. The van der Waals surface area contributed by atoms with E-state index in [-0.39, 0.29) is 17.0 Å².